The Bertz CT molecular complexity index is 1380. The molecule has 5 amide bonds. The minimum absolute atomic E-state index is 0.00844. The maximum Gasteiger partial charge on any atom is 0.524 e. The average Bonchev–Trinajstić information content (AvgIpc) is 2.96. The molecule has 1 saturated carbocycles. The van der Waals surface area contributed by atoms with E-state index in [-0.39, 0.29) is 31.6 Å². The molecule has 44 heavy (non-hydrogen) atoms. The number of amides is 5. The Kier molecular flexibility index (Phi) is 12.0. The normalized spacial score (nSPS) is 15.6. The fourth-order valence-corrected chi connectivity index (χ4v) is 5.41. The van der Waals surface area contributed by atoms with Gasteiger partial charge in [-0.2, -0.15) is 0 Å². The van der Waals surface area contributed by atoms with Gasteiger partial charge in [-0.05, 0) is 36.1 Å². The zero-order valence-electron chi connectivity index (χ0n) is 24.3. The SMILES string of the molecule is CC(=O)N[C@@H](Cc1ccc(OP(=O)(O)O)cc1)C(=O)NC1(C(=O)N[C@@H](CC(N)=O)C(=O)NCc2ccccc2)CCCCC1. The maximum absolute atomic E-state index is 13.8. The number of hydrogen-bond acceptors (Lipinski definition) is 7. The van der Waals surface area contributed by atoms with Gasteiger partial charge in [-0.1, -0.05) is 61.7 Å². The van der Waals surface area contributed by atoms with Crippen LogP contribution in [0.3, 0.4) is 0 Å². The first kappa shape index (κ1) is 34.2. The molecule has 0 saturated heterocycles. The van der Waals surface area contributed by atoms with E-state index >= 15 is 0 Å². The molecule has 0 aromatic heterocycles. The van der Waals surface area contributed by atoms with Gasteiger partial charge in [0.25, 0.3) is 0 Å². The van der Waals surface area contributed by atoms with E-state index in [2.05, 4.69) is 25.8 Å². The summed E-state index contributed by atoms with van der Waals surface area (Å²) in [6.45, 7) is 1.40. The van der Waals surface area contributed by atoms with Crippen molar-refractivity contribution in [2.75, 3.05) is 0 Å². The Morgan fingerprint density at radius 3 is 2.09 bits per heavy atom. The Morgan fingerprint density at radius 1 is 0.886 bits per heavy atom. The molecule has 2 aromatic rings. The molecule has 1 fully saturated rings. The molecule has 8 N–H and O–H groups in total. The van der Waals surface area contributed by atoms with Crippen LogP contribution in [-0.4, -0.2) is 56.9 Å². The lowest BCUT2D eigenvalue weighted by Crippen LogP contribution is -2.65. The number of rotatable bonds is 14. The third-order valence-electron chi connectivity index (χ3n) is 7.12. The summed E-state index contributed by atoms with van der Waals surface area (Å²) in [5.41, 5.74) is 5.32. The average molecular weight is 632 g/mol. The minimum atomic E-state index is -4.76. The number of phosphoric acid groups is 1. The number of nitrogens with one attached hydrogen (secondary N) is 4. The van der Waals surface area contributed by atoms with E-state index in [4.69, 9.17) is 15.5 Å². The van der Waals surface area contributed by atoms with E-state index in [1.54, 1.807) is 0 Å². The number of benzene rings is 2. The Hall–Kier alpha value is -4.26. The van der Waals surface area contributed by atoms with E-state index in [0.29, 0.717) is 18.4 Å². The van der Waals surface area contributed by atoms with Gasteiger partial charge in [0.05, 0.1) is 6.42 Å². The highest BCUT2D eigenvalue weighted by atomic mass is 31.2. The Labute approximate surface area is 254 Å². The van der Waals surface area contributed by atoms with Gasteiger partial charge in [0.2, 0.25) is 29.5 Å². The number of carbonyl (C=O) groups excluding carboxylic acids is 5. The lowest BCUT2D eigenvalue weighted by atomic mass is 9.80. The third kappa shape index (κ3) is 10.8. The molecule has 238 valence electrons. The van der Waals surface area contributed by atoms with Crippen LogP contribution in [0.1, 0.15) is 56.6 Å². The van der Waals surface area contributed by atoms with E-state index in [0.717, 1.165) is 12.0 Å². The quantitative estimate of drug-likeness (QED) is 0.145. The van der Waals surface area contributed by atoms with Crippen LogP contribution in [0.25, 0.3) is 0 Å². The Morgan fingerprint density at radius 2 is 1.52 bits per heavy atom. The van der Waals surface area contributed by atoms with Gasteiger partial charge >= 0.3 is 7.82 Å². The zero-order valence-corrected chi connectivity index (χ0v) is 25.2. The molecule has 0 unspecified atom stereocenters. The van der Waals surface area contributed by atoms with Crippen LogP contribution in [0.2, 0.25) is 0 Å². The number of phosphoric ester groups is 1. The molecule has 2 aromatic carbocycles. The molecular formula is C29H38N5O9P. The predicted octanol–water partition coefficient (Wildman–Crippen LogP) is 0.701. The van der Waals surface area contributed by atoms with Crippen molar-refractivity contribution in [1.29, 1.82) is 0 Å². The maximum atomic E-state index is 13.8. The summed E-state index contributed by atoms with van der Waals surface area (Å²) in [6.07, 6.45) is 2.12. The van der Waals surface area contributed by atoms with Crippen LogP contribution in [0, 0.1) is 0 Å². The van der Waals surface area contributed by atoms with Gasteiger partial charge in [0.1, 0.15) is 23.4 Å². The molecule has 0 bridgehead atoms. The largest absolute Gasteiger partial charge is 0.524 e. The molecule has 1 aliphatic rings. The summed E-state index contributed by atoms with van der Waals surface area (Å²) < 4.78 is 15.6. The Balaban J connectivity index is 1.76. The monoisotopic (exact) mass is 631 g/mol. The van der Waals surface area contributed by atoms with Gasteiger partial charge in [-0.15, -0.1) is 0 Å². The van der Waals surface area contributed by atoms with Crippen molar-refractivity contribution in [3.05, 3.63) is 65.7 Å². The minimum Gasteiger partial charge on any atom is -0.404 e. The van der Waals surface area contributed by atoms with Gasteiger partial charge in [0, 0.05) is 19.9 Å². The van der Waals surface area contributed by atoms with E-state index in [9.17, 15) is 28.5 Å². The smallest absolute Gasteiger partial charge is 0.404 e. The van der Waals surface area contributed by atoms with Crippen LogP contribution >= 0.6 is 7.82 Å². The van der Waals surface area contributed by atoms with Crippen LogP contribution in [-0.2, 0) is 41.5 Å². The number of primary amides is 1. The molecular weight excluding hydrogens is 593 g/mol. The van der Waals surface area contributed by atoms with Crippen LogP contribution < -0.4 is 31.5 Å². The molecule has 15 heteroatoms. The van der Waals surface area contributed by atoms with Crippen LogP contribution in [0.15, 0.2) is 54.6 Å². The fourth-order valence-electron chi connectivity index (χ4n) is 5.02. The molecule has 0 aliphatic heterocycles. The van der Waals surface area contributed by atoms with Gasteiger partial charge in [-0.25, -0.2) is 4.57 Å². The van der Waals surface area contributed by atoms with Crippen molar-refractivity contribution < 1.29 is 42.8 Å². The highest BCUT2D eigenvalue weighted by Gasteiger charge is 2.43. The third-order valence-corrected chi connectivity index (χ3v) is 7.57. The van der Waals surface area contributed by atoms with E-state index in [1.807, 2.05) is 30.3 Å². The summed E-state index contributed by atoms with van der Waals surface area (Å²) in [6, 6.07) is 12.3. The predicted molar refractivity (Wildman–Crippen MR) is 158 cm³/mol. The van der Waals surface area contributed by atoms with Crippen LogP contribution in [0.5, 0.6) is 5.75 Å². The molecule has 3 rings (SSSR count). The number of hydrogen-bond donors (Lipinski definition) is 7. The van der Waals surface area contributed by atoms with Crippen molar-refractivity contribution in [3.63, 3.8) is 0 Å². The molecule has 0 spiro atoms. The summed E-state index contributed by atoms with van der Waals surface area (Å²) in [5.74, 6) is -3.28. The highest BCUT2D eigenvalue weighted by molar-refractivity contribution is 7.46. The van der Waals surface area contributed by atoms with Crippen molar-refractivity contribution in [3.8, 4) is 5.75 Å². The van der Waals surface area contributed by atoms with Gasteiger partial charge in [-0.3, -0.25) is 33.8 Å². The highest BCUT2D eigenvalue weighted by Crippen LogP contribution is 2.37. The summed E-state index contributed by atoms with van der Waals surface area (Å²) in [7, 11) is -4.76. The molecule has 0 heterocycles. The van der Waals surface area contributed by atoms with Gasteiger partial charge < -0.3 is 31.5 Å². The second kappa shape index (κ2) is 15.5. The van der Waals surface area contributed by atoms with E-state index in [1.165, 1.54) is 31.2 Å². The second-order valence-corrected chi connectivity index (χ2v) is 11.9. The first-order valence-corrected chi connectivity index (χ1v) is 15.6. The first-order chi connectivity index (χ1) is 20.8. The molecule has 0 radical (unpaired) electrons. The van der Waals surface area contributed by atoms with Gasteiger partial charge in [0.15, 0.2) is 0 Å². The second-order valence-electron chi connectivity index (χ2n) is 10.7. The fraction of sp³-hybridized carbons (Fsp3) is 0.414. The van der Waals surface area contributed by atoms with Crippen molar-refractivity contribution in [1.82, 2.24) is 21.3 Å². The van der Waals surface area contributed by atoms with E-state index < -0.39 is 61.4 Å². The van der Waals surface area contributed by atoms with Crippen LogP contribution in [0.4, 0.5) is 0 Å². The first-order valence-electron chi connectivity index (χ1n) is 14.1. The standard InChI is InChI=1S/C29H38N5O9P/c1-19(35)32-23(16-20-10-12-22(13-11-20)43-44(40,41)42)27(38)34-29(14-6-3-7-15-29)28(39)33-24(17-25(30)36)26(37)31-18-21-8-4-2-5-9-21/h2,4-5,8-13,23-24H,3,6-7,14-18H2,1H3,(H2,30,36)(H,31,37)(H,32,35)(H,33,39)(H,34,38)(H2,40,41,42)/t23-,24-/m0/s1. The molecule has 14 nitrogen and oxygen atoms in total. The summed E-state index contributed by atoms with van der Waals surface area (Å²) >= 11 is 0. The lowest BCUT2D eigenvalue weighted by Gasteiger charge is -2.38. The molecule has 1 aliphatic carbocycles. The zero-order chi connectivity index (χ0) is 32.3. The topological polar surface area (TPSA) is 226 Å². The number of nitrogens with two attached hydrogens (primary N) is 1. The van der Waals surface area contributed by atoms with Crippen molar-refractivity contribution >= 4 is 37.4 Å². The lowest BCUT2D eigenvalue weighted by molar-refractivity contribution is -0.139. The summed E-state index contributed by atoms with van der Waals surface area (Å²) in [4.78, 5) is 82.1. The van der Waals surface area contributed by atoms with Crippen molar-refractivity contribution in [2.45, 2.75) is 76.0 Å². The number of carbonyl (C=O) groups is 5. The van der Waals surface area contributed by atoms with Crippen molar-refractivity contribution in [2.24, 2.45) is 5.73 Å². The summed E-state index contributed by atoms with van der Waals surface area (Å²) in [5, 5.41) is 10.7. The molecule has 2 atom stereocenters.